The van der Waals surface area contributed by atoms with Crippen molar-refractivity contribution in [2.75, 3.05) is 25.6 Å². The number of nitrogens with zero attached hydrogens (tertiary/aromatic N) is 2. The molecule has 6 nitrogen and oxygen atoms in total. The number of nitro benzene ring substituents is 1. The second-order valence-electron chi connectivity index (χ2n) is 4.01. The third-order valence-corrected chi connectivity index (χ3v) is 2.57. The first-order valence-corrected chi connectivity index (χ1v) is 5.29. The molecule has 0 amide bonds. The summed E-state index contributed by atoms with van der Waals surface area (Å²) in [6.07, 6.45) is 0.308. The maximum absolute atomic E-state index is 11.0. The van der Waals surface area contributed by atoms with Crippen LogP contribution in [0.5, 0.6) is 0 Å². The fourth-order valence-corrected chi connectivity index (χ4v) is 1.58. The summed E-state index contributed by atoms with van der Waals surface area (Å²) in [7, 11) is 3.62. The molecule has 3 N–H and O–H groups in total. The maximum atomic E-state index is 11.0. The molecule has 1 atom stereocenters. The molecular weight excluding hydrogens is 222 g/mol. The van der Waals surface area contributed by atoms with Gasteiger partial charge in [-0.2, -0.15) is 0 Å². The van der Waals surface area contributed by atoms with Crippen LogP contribution in [-0.2, 0) is 0 Å². The molecule has 17 heavy (non-hydrogen) atoms. The molecule has 1 rings (SSSR count). The van der Waals surface area contributed by atoms with Crippen LogP contribution in [0.1, 0.15) is 18.0 Å². The highest BCUT2D eigenvalue weighted by molar-refractivity contribution is 5.56. The largest absolute Gasteiger partial charge is 0.396 e. The van der Waals surface area contributed by atoms with E-state index in [4.69, 9.17) is 10.8 Å². The van der Waals surface area contributed by atoms with E-state index in [1.165, 1.54) is 6.07 Å². The molecule has 1 aromatic rings. The summed E-state index contributed by atoms with van der Waals surface area (Å²) >= 11 is 0. The Labute approximate surface area is 99.8 Å². The SMILES string of the molecule is CN(C)c1ccc(C(N)CCO)c([N+](=O)[O-])c1. The molecule has 0 saturated carbocycles. The van der Waals surface area contributed by atoms with E-state index in [1.807, 2.05) is 14.1 Å². The van der Waals surface area contributed by atoms with Gasteiger partial charge in [0.25, 0.3) is 5.69 Å². The van der Waals surface area contributed by atoms with Crippen molar-refractivity contribution in [3.8, 4) is 0 Å². The van der Waals surface area contributed by atoms with E-state index in [1.54, 1.807) is 17.0 Å². The zero-order valence-electron chi connectivity index (χ0n) is 9.96. The molecule has 6 heteroatoms. The highest BCUT2D eigenvalue weighted by atomic mass is 16.6. The predicted octanol–water partition coefficient (Wildman–Crippen LogP) is 1.04. The molecule has 0 heterocycles. The third kappa shape index (κ3) is 3.15. The molecule has 0 aliphatic carbocycles. The zero-order valence-corrected chi connectivity index (χ0v) is 9.96. The lowest BCUT2D eigenvalue weighted by Crippen LogP contribution is -2.15. The predicted molar refractivity (Wildman–Crippen MR) is 66.1 cm³/mol. The Hall–Kier alpha value is -1.66. The Morgan fingerprint density at radius 3 is 2.65 bits per heavy atom. The first kappa shape index (κ1) is 13.4. The highest BCUT2D eigenvalue weighted by Crippen LogP contribution is 2.29. The van der Waals surface area contributed by atoms with Crippen LogP contribution in [0.25, 0.3) is 0 Å². The van der Waals surface area contributed by atoms with Crippen LogP contribution in [0.15, 0.2) is 18.2 Å². The lowest BCUT2D eigenvalue weighted by atomic mass is 10.0. The average Bonchev–Trinajstić information content (AvgIpc) is 2.28. The molecule has 0 aliphatic heterocycles. The monoisotopic (exact) mass is 239 g/mol. The quantitative estimate of drug-likeness (QED) is 0.591. The summed E-state index contributed by atoms with van der Waals surface area (Å²) in [4.78, 5) is 12.3. The Balaban J connectivity index is 3.17. The van der Waals surface area contributed by atoms with Gasteiger partial charge >= 0.3 is 0 Å². The minimum atomic E-state index is -0.517. The molecule has 1 aromatic carbocycles. The van der Waals surface area contributed by atoms with Crippen LogP contribution in [0.4, 0.5) is 11.4 Å². The smallest absolute Gasteiger partial charge is 0.276 e. The van der Waals surface area contributed by atoms with E-state index >= 15 is 0 Å². The van der Waals surface area contributed by atoms with Gasteiger partial charge in [0.2, 0.25) is 0 Å². The average molecular weight is 239 g/mol. The number of aliphatic hydroxyl groups is 1. The number of anilines is 1. The standard InChI is InChI=1S/C11H17N3O3/c1-13(2)8-3-4-9(10(12)5-6-15)11(7-8)14(16)17/h3-4,7,10,15H,5-6,12H2,1-2H3. The number of hydrogen-bond acceptors (Lipinski definition) is 5. The molecule has 0 bridgehead atoms. The van der Waals surface area contributed by atoms with Crippen LogP contribution >= 0.6 is 0 Å². The van der Waals surface area contributed by atoms with Gasteiger partial charge in [-0.3, -0.25) is 10.1 Å². The number of aliphatic hydroxyl groups excluding tert-OH is 1. The highest BCUT2D eigenvalue weighted by Gasteiger charge is 2.20. The Bertz CT molecular complexity index is 407. The van der Waals surface area contributed by atoms with Gasteiger partial charge in [0.05, 0.1) is 4.92 Å². The fourth-order valence-electron chi connectivity index (χ4n) is 1.58. The lowest BCUT2D eigenvalue weighted by Gasteiger charge is -2.15. The molecule has 0 fully saturated rings. The molecule has 1 unspecified atom stereocenters. The van der Waals surface area contributed by atoms with Crippen molar-refractivity contribution in [3.63, 3.8) is 0 Å². The van der Waals surface area contributed by atoms with Gasteiger partial charge in [0.1, 0.15) is 0 Å². The van der Waals surface area contributed by atoms with Crippen molar-refractivity contribution in [2.24, 2.45) is 5.73 Å². The van der Waals surface area contributed by atoms with Gasteiger partial charge in [-0.25, -0.2) is 0 Å². The first-order valence-electron chi connectivity index (χ1n) is 5.29. The number of hydrogen-bond donors (Lipinski definition) is 2. The van der Waals surface area contributed by atoms with Gasteiger partial charge < -0.3 is 15.7 Å². The van der Waals surface area contributed by atoms with Crippen LogP contribution < -0.4 is 10.6 Å². The van der Waals surface area contributed by atoms with E-state index in [0.29, 0.717) is 12.0 Å². The van der Waals surface area contributed by atoms with E-state index in [9.17, 15) is 10.1 Å². The van der Waals surface area contributed by atoms with Crippen molar-refractivity contribution in [3.05, 3.63) is 33.9 Å². The van der Waals surface area contributed by atoms with Gasteiger partial charge in [0.15, 0.2) is 0 Å². The van der Waals surface area contributed by atoms with E-state index < -0.39 is 11.0 Å². The fraction of sp³-hybridized carbons (Fsp3) is 0.455. The van der Waals surface area contributed by atoms with E-state index in [2.05, 4.69) is 0 Å². The van der Waals surface area contributed by atoms with E-state index in [-0.39, 0.29) is 12.3 Å². The summed E-state index contributed by atoms with van der Waals surface area (Å²) in [5.74, 6) is 0. The summed E-state index contributed by atoms with van der Waals surface area (Å²) in [5, 5.41) is 19.8. The molecule has 94 valence electrons. The molecule has 0 radical (unpaired) electrons. The van der Waals surface area contributed by atoms with Crippen molar-refractivity contribution in [1.29, 1.82) is 0 Å². The normalized spacial score (nSPS) is 12.2. The molecular formula is C11H17N3O3. The van der Waals surface area contributed by atoms with E-state index in [0.717, 1.165) is 5.69 Å². The third-order valence-electron chi connectivity index (χ3n) is 2.57. The molecule has 0 aliphatic rings. The summed E-state index contributed by atoms with van der Waals surface area (Å²) < 4.78 is 0. The second kappa shape index (κ2) is 5.60. The van der Waals surface area contributed by atoms with Gasteiger partial charge in [-0.05, 0) is 18.6 Å². The number of benzene rings is 1. The maximum Gasteiger partial charge on any atom is 0.276 e. The Morgan fingerprint density at radius 1 is 1.53 bits per heavy atom. The topological polar surface area (TPSA) is 92.6 Å². The Morgan fingerprint density at radius 2 is 2.18 bits per heavy atom. The van der Waals surface area contributed by atoms with Gasteiger partial charge in [0, 0.05) is 44.1 Å². The first-order chi connectivity index (χ1) is 7.97. The number of nitro groups is 1. The van der Waals surface area contributed by atoms with Crippen LogP contribution in [0.3, 0.4) is 0 Å². The van der Waals surface area contributed by atoms with Crippen LogP contribution in [-0.4, -0.2) is 30.7 Å². The van der Waals surface area contributed by atoms with Crippen molar-refractivity contribution < 1.29 is 10.0 Å². The minimum absolute atomic E-state index is 0.00264. The van der Waals surface area contributed by atoms with Crippen molar-refractivity contribution in [1.82, 2.24) is 0 Å². The molecule has 0 aromatic heterocycles. The lowest BCUT2D eigenvalue weighted by molar-refractivity contribution is -0.385. The van der Waals surface area contributed by atoms with Crippen molar-refractivity contribution >= 4 is 11.4 Å². The number of nitrogens with two attached hydrogens (primary N) is 1. The van der Waals surface area contributed by atoms with Crippen LogP contribution in [0.2, 0.25) is 0 Å². The zero-order chi connectivity index (χ0) is 13.0. The molecule has 0 saturated heterocycles. The molecule has 0 spiro atoms. The van der Waals surface area contributed by atoms with Crippen molar-refractivity contribution in [2.45, 2.75) is 12.5 Å². The Kier molecular flexibility index (Phi) is 4.42. The minimum Gasteiger partial charge on any atom is -0.396 e. The second-order valence-corrected chi connectivity index (χ2v) is 4.01. The summed E-state index contributed by atoms with van der Waals surface area (Å²) in [5.41, 5.74) is 6.99. The van der Waals surface area contributed by atoms with Gasteiger partial charge in [-0.15, -0.1) is 0 Å². The number of rotatable bonds is 5. The van der Waals surface area contributed by atoms with Crippen LogP contribution in [0, 0.1) is 10.1 Å². The van der Waals surface area contributed by atoms with Gasteiger partial charge in [-0.1, -0.05) is 0 Å². The summed E-state index contributed by atoms with van der Waals surface area (Å²) in [6, 6.07) is 4.40. The summed E-state index contributed by atoms with van der Waals surface area (Å²) in [6.45, 7) is -0.0895.